The van der Waals surface area contributed by atoms with E-state index in [1.54, 1.807) is 0 Å². The molecule has 0 bridgehead atoms. The standard InChI is InChI=1S/C18H26N4O/c1-13(2)18(23)19-14-7-8-16-15(11-14)20-17(21(16)3)12-22-9-5-4-6-10-22/h7-8,11,13H,4-6,9-10,12H2,1-3H3,(H,19,23). The summed E-state index contributed by atoms with van der Waals surface area (Å²) in [5.74, 6) is 1.10. The number of aromatic nitrogens is 2. The monoisotopic (exact) mass is 314 g/mol. The van der Waals surface area contributed by atoms with Gasteiger partial charge in [-0.1, -0.05) is 20.3 Å². The lowest BCUT2D eigenvalue weighted by molar-refractivity contribution is -0.118. The second-order valence-corrected chi connectivity index (χ2v) is 6.77. The van der Waals surface area contributed by atoms with Crippen LogP contribution in [0, 0.1) is 5.92 Å². The molecule has 0 spiro atoms. The minimum absolute atomic E-state index is 0.0240. The van der Waals surface area contributed by atoms with Crippen LogP contribution in [0.2, 0.25) is 0 Å². The molecule has 1 aliphatic rings. The minimum Gasteiger partial charge on any atom is -0.330 e. The molecular formula is C18H26N4O. The molecule has 0 unspecified atom stereocenters. The van der Waals surface area contributed by atoms with Gasteiger partial charge in [-0.15, -0.1) is 0 Å². The van der Waals surface area contributed by atoms with Crippen molar-refractivity contribution in [1.29, 1.82) is 0 Å². The highest BCUT2D eigenvalue weighted by molar-refractivity contribution is 5.94. The van der Waals surface area contributed by atoms with Crippen molar-refractivity contribution in [2.24, 2.45) is 13.0 Å². The molecule has 0 saturated carbocycles. The van der Waals surface area contributed by atoms with Crippen LogP contribution in [0.5, 0.6) is 0 Å². The normalized spacial score (nSPS) is 16.2. The van der Waals surface area contributed by atoms with E-state index in [1.165, 1.54) is 32.4 Å². The van der Waals surface area contributed by atoms with Crippen molar-refractivity contribution in [2.75, 3.05) is 18.4 Å². The summed E-state index contributed by atoms with van der Waals surface area (Å²) >= 11 is 0. The van der Waals surface area contributed by atoms with Crippen molar-refractivity contribution in [3.05, 3.63) is 24.0 Å². The van der Waals surface area contributed by atoms with Gasteiger partial charge < -0.3 is 9.88 Å². The molecule has 1 saturated heterocycles. The maximum atomic E-state index is 11.8. The fourth-order valence-electron chi connectivity index (χ4n) is 3.07. The number of carbonyl (C=O) groups is 1. The Bertz CT molecular complexity index is 698. The summed E-state index contributed by atoms with van der Waals surface area (Å²) in [4.78, 5) is 19.1. The van der Waals surface area contributed by atoms with Gasteiger partial charge in [0.25, 0.3) is 0 Å². The fraction of sp³-hybridized carbons (Fsp3) is 0.556. The van der Waals surface area contributed by atoms with Gasteiger partial charge in [0.2, 0.25) is 5.91 Å². The largest absolute Gasteiger partial charge is 0.330 e. The molecule has 0 aliphatic carbocycles. The van der Waals surface area contributed by atoms with Gasteiger partial charge in [0.1, 0.15) is 5.82 Å². The lowest BCUT2D eigenvalue weighted by atomic mass is 10.1. The van der Waals surface area contributed by atoms with Crippen molar-refractivity contribution in [1.82, 2.24) is 14.5 Å². The zero-order valence-corrected chi connectivity index (χ0v) is 14.3. The van der Waals surface area contributed by atoms with E-state index in [1.807, 2.05) is 32.0 Å². The zero-order valence-electron chi connectivity index (χ0n) is 14.3. The van der Waals surface area contributed by atoms with E-state index >= 15 is 0 Å². The molecule has 2 aromatic rings. The van der Waals surface area contributed by atoms with Crippen molar-refractivity contribution in [3.8, 4) is 0 Å². The first kappa shape index (κ1) is 16.0. The molecular weight excluding hydrogens is 288 g/mol. The highest BCUT2D eigenvalue weighted by Crippen LogP contribution is 2.21. The van der Waals surface area contributed by atoms with Crippen LogP contribution >= 0.6 is 0 Å². The molecule has 1 aromatic heterocycles. The smallest absolute Gasteiger partial charge is 0.226 e. The topological polar surface area (TPSA) is 50.2 Å². The molecule has 2 heterocycles. The molecule has 1 aliphatic heterocycles. The molecule has 5 nitrogen and oxygen atoms in total. The first-order valence-electron chi connectivity index (χ1n) is 8.53. The SMILES string of the molecule is CC(C)C(=O)Nc1ccc2c(c1)nc(CN1CCCCC1)n2C. The van der Waals surface area contributed by atoms with Gasteiger partial charge in [0.15, 0.2) is 0 Å². The number of imidazole rings is 1. The summed E-state index contributed by atoms with van der Waals surface area (Å²) in [6.45, 7) is 7.02. The number of nitrogens with zero attached hydrogens (tertiary/aromatic N) is 3. The van der Waals surface area contributed by atoms with E-state index in [9.17, 15) is 4.79 Å². The Morgan fingerprint density at radius 3 is 2.70 bits per heavy atom. The van der Waals surface area contributed by atoms with Gasteiger partial charge in [-0.25, -0.2) is 4.98 Å². The zero-order chi connectivity index (χ0) is 16.4. The van der Waals surface area contributed by atoms with Crippen molar-refractivity contribution < 1.29 is 4.79 Å². The number of nitrogens with one attached hydrogen (secondary N) is 1. The van der Waals surface area contributed by atoms with Gasteiger partial charge in [-0.3, -0.25) is 9.69 Å². The minimum atomic E-state index is -0.0240. The highest BCUT2D eigenvalue weighted by Gasteiger charge is 2.15. The second-order valence-electron chi connectivity index (χ2n) is 6.77. The molecule has 1 amide bonds. The Kier molecular flexibility index (Phi) is 4.66. The van der Waals surface area contributed by atoms with Crippen LogP contribution in [0.25, 0.3) is 11.0 Å². The number of hydrogen-bond acceptors (Lipinski definition) is 3. The predicted octanol–water partition coefficient (Wildman–Crippen LogP) is 3.15. The molecule has 1 fully saturated rings. The first-order chi connectivity index (χ1) is 11.0. The quantitative estimate of drug-likeness (QED) is 0.943. The third-order valence-electron chi connectivity index (χ3n) is 4.58. The van der Waals surface area contributed by atoms with E-state index in [0.29, 0.717) is 0 Å². The van der Waals surface area contributed by atoms with Gasteiger partial charge >= 0.3 is 0 Å². The van der Waals surface area contributed by atoms with E-state index in [0.717, 1.165) is 29.1 Å². The number of rotatable bonds is 4. The summed E-state index contributed by atoms with van der Waals surface area (Å²) in [5.41, 5.74) is 2.87. The molecule has 1 N–H and O–H groups in total. The summed E-state index contributed by atoms with van der Waals surface area (Å²) in [6.07, 6.45) is 3.92. The number of aryl methyl sites for hydroxylation is 1. The Labute approximate surface area is 137 Å². The number of amides is 1. The molecule has 23 heavy (non-hydrogen) atoms. The highest BCUT2D eigenvalue weighted by atomic mass is 16.1. The van der Waals surface area contributed by atoms with Gasteiger partial charge in [-0.2, -0.15) is 0 Å². The second kappa shape index (κ2) is 6.71. The number of carbonyl (C=O) groups excluding carboxylic acids is 1. The van der Waals surface area contributed by atoms with Crippen LogP contribution in [0.1, 0.15) is 38.9 Å². The lowest BCUT2D eigenvalue weighted by Gasteiger charge is -2.25. The number of likely N-dealkylation sites (tertiary alicyclic amines) is 1. The average molecular weight is 314 g/mol. The number of hydrogen-bond donors (Lipinski definition) is 1. The summed E-state index contributed by atoms with van der Waals surface area (Å²) < 4.78 is 2.16. The average Bonchev–Trinajstić information content (AvgIpc) is 2.84. The van der Waals surface area contributed by atoms with Crippen LogP contribution < -0.4 is 5.32 Å². The number of benzene rings is 1. The number of anilines is 1. The first-order valence-corrected chi connectivity index (χ1v) is 8.53. The van der Waals surface area contributed by atoms with Crippen molar-refractivity contribution in [3.63, 3.8) is 0 Å². The van der Waals surface area contributed by atoms with Crippen LogP contribution in [0.15, 0.2) is 18.2 Å². The Morgan fingerprint density at radius 2 is 2.00 bits per heavy atom. The van der Waals surface area contributed by atoms with Crippen molar-refractivity contribution in [2.45, 2.75) is 39.7 Å². The van der Waals surface area contributed by atoms with Crippen LogP contribution in [-0.2, 0) is 18.4 Å². The summed E-state index contributed by atoms with van der Waals surface area (Å²) in [5, 5.41) is 2.94. The Morgan fingerprint density at radius 1 is 1.26 bits per heavy atom. The summed E-state index contributed by atoms with van der Waals surface area (Å²) in [6, 6.07) is 5.96. The van der Waals surface area contributed by atoms with Gasteiger partial charge in [0.05, 0.1) is 17.6 Å². The van der Waals surface area contributed by atoms with E-state index in [2.05, 4.69) is 21.8 Å². The third kappa shape index (κ3) is 3.55. The predicted molar refractivity (Wildman–Crippen MR) is 93.3 cm³/mol. The fourth-order valence-corrected chi connectivity index (χ4v) is 3.07. The molecule has 0 radical (unpaired) electrons. The van der Waals surface area contributed by atoms with Crippen molar-refractivity contribution >= 4 is 22.6 Å². The van der Waals surface area contributed by atoms with E-state index in [4.69, 9.17) is 4.98 Å². The molecule has 3 rings (SSSR count). The molecule has 1 aromatic carbocycles. The number of piperidine rings is 1. The van der Waals surface area contributed by atoms with E-state index in [-0.39, 0.29) is 11.8 Å². The maximum absolute atomic E-state index is 11.8. The van der Waals surface area contributed by atoms with Gasteiger partial charge in [0, 0.05) is 18.7 Å². The summed E-state index contributed by atoms with van der Waals surface area (Å²) in [7, 11) is 2.07. The molecule has 5 heteroatoms. The number of fused-ring (bicyclic) bond motifs is 1. The van der Waals surface area contributed by atoms with Crippen LogP contribution in [0.3, 0.4) is 0 Å². The maximum Gasteiger partial charge on any atom is 0.226 e. The van der Waals surface area contributed by atoms with Crippen LogP contribution in [0.4, 0.5) is 5.69 Å². The molecule has 0 atom stereocenters. The van der Waals surface area contributed by atoms with E-state index < -0.39 is 0 Å². The third-order valence-corrected chi connectivity index (χ3v) is 4.58. The molecule has 124 valence electrons. The van der Waals surface area contributed by atoms with Gasteiger partial charge in [-0.05, 0) is 44.1 Å². The lowest BCUT2D eigenvalue weighted by Crippen LogP contribution is -2.30. The van der Waals surface area contributed by atoms with Crippen LogP contribution in [-0.4, -0.2) is 33.4 Å². The Balaban J connectivity index is 1.81. The Hall–Kier alpha value is -1.88.